The van der Waals surface area contributed by atoms with E-state index in [1.54, 1.807) is 16.8 Å². The lowest BCUT2D eigenvalue weighted by Crippen LogP contribution is -2.17. The van der Waals surface area contributed by atoms with Crippen LogP contribution < -0.4 is 11.4 Å². The van der Waals surface area contributed by atoms with Gasteiger partial charge in [-0.05, 0) is 24.1 Å². The summed E-state index contributed by atoms with van der Waals surface area (Å²) in [5, 5.41) is 18.7. The number of rotatable bonds is 6. The second-order valence-corrected chi connectivity index (χ2v) is 5.23. The molecule has 4 N–H and O–H groups in total. The molecule has 0 saturated heterocycles. The highest BCUT2D eigenvalue weighted by Gasteiger charge is 2.09. The maximum atomic E-state index is 11.6. The number of pyridine rings is 1. The van der Waals surface area contributed by atoms with Gasteiger partial charge < -0.3 is 10.9 Å². The number of nitrogens with zero attached hydrogens (tertiary/aromatic N) is 4. The van der Waals surface area contributed by atoms with Crippen molar-refractivity contribution < 1.29 is 5.21 Å². The first-order valence-corrected chi connectivity index (χ1v) is 7.35. The summed E-state index contributed by atoms with van der Waals surface area (Å²) in [6, 6.07) is 3.56. The number of thioether (sulfide) groups is 1. The molecule has 0 amide bonds. The van der Waals surface area contributed by atoms with Crippen molar-refractivity contribution in [2.75, 3.05) is 0 Å². The van der Waals surface area contributed by atoms with E-state index in [0.717, 1.165) is 12.0 Å². The van der Waals surface area contributed by atoms with E-state index in [4.69, 9.17) is 10.9 Å². The fraction of sp³-hybridized carbons (Fsp3) is 0.333. The second-order valence-electron chi connectivity index (χ2n) is 4.29. The minimum absolute atomic E-state index is 0.0375. The van der Waals surface area contributed by atoms with Crippen molar-refractivity contribution >= 4 is 17.6 Å². The number of H-pyrrole nitrogens is 1. The maximum absolute atomic E-state index is 11.6. The van der Waals surface area contributed by atoms with E-state index in [1.165, 1.54) is 11.8 Å². The number of amidine groups is 1. The summed E-state index contributed by atoms with van der Waals surface area (Å²) < 4.78 is 1.61. The summed E-state index contributed by atoms with van der Waals surface area (Å²) in [5.41, 5.74) is 6.65. The van der Waals surface area contributed by atoms with Gasteiger partial charge in [-0.15, -0.1) is 5.10 Å². The lowest BCUT2D eigenvalue weighted by molar-refractivity contribution is 0.318. The van der Waals surface area contributed by atoms with Crippen LogP contribution in [0.4, 0.5) is 0 Å². The molecule has 0 saturated carbocycles. The number of oxime groups is 1. The van der Waals surface area contributed by atoms with Crippen LogP contribution in [0.15, 0.2) is 33.4 Å². The van der Waals surface area contributed by atoms with E-state index in [0.29, 0.717) is 23.1 Å². The summed E-state index contributed by atoms with van der Waals surface area (Å²) in [6.07, 6.45) is 2.45. The predicted octanol–water partition coefficient (Wildman–Crippen LogP) is 0.763. The van der Waals surface area contributed by atoms with Gasteiger partial charge in [-0.1, -0.05) is 23.8 Å². The van der Waals surface area contributed by atoms with Crippen molar-refractivity contribution in [3.05, 3.63) is 40.1 Å². The van der Waals surface area contributed by atoms with Gasteiger partial charge >= 0.3 is 5.69 Å². The predicted molar refractivity (Wildman–Crippen MR) is 79.4 cm³/mol. The van der Waals surface area contributed by atoms with E-state index in [1.807, 2.05) is 13.0 Å². The maximum Gasteiger partial charge on any atom is 0.343 e. The molecule has 0 atom stereocenters. The van der Waals surface area contributed by atoms with E-state index in [2.05, 4.69) is 20.3 Å². The van der Waals surface area contributed by atoms with Crippen molar-refractivity contribution in [1.29, 1.82) is 0 Å². The number of nitrogens with one attached hydrogen (secondary N) is 1. The highest BCUT2D eigenvalue weighted by molar-refractivity contribution is 7.98. The molecule has 0 radical (unpaired) electrons. The molecule has 0 fully saturated rings. The zero-order valence-corrected chi connectivity index (χ0v) is 12.3. The van der Waals surface area contributed by atoms with Crippen LogP contribution in [0, 0.1) is 0 Å². The third-order valence-corrected chi connectivity index (χ3v) is 3.78. The number of nitrogens with two attached hydrogens (primary N) is 1. The van der Waals surface area contributed by atoms with Crippen molar-refractivity contribution in [3.8, 4) is 0 Å². The summed E-state index contributed by atoms with van der Waals surface area (Å²) in [7, 11) is 0. The van der Waals surface area contributed by atoms with Crippen molar-refractivity contribution in [2.45, 2.75) is 30.8 Å². The average Bonchev–Trinajstić information content (AvgIpc) is 2.86. The third-order valence-electron chi connectivity index (χ3n) is 2.73. The molecule has 21 heavy (non-hydrogen) atoms. The van der Waals surface area contributed by atoms with Gasteiger partial charge in [0.15, 0.2) is 11.0 Å². The van der Waals surface area contributed by atoms with Gasteiger partial charge in [0.25, 0.3) is 0 Å². The Hall–Kier alpha value is -2.29. The third kappa shape index (κ3) is 3.63. The van der Waals surface area contributed by atoms with Crippen molar-refractivity contribution in [3.63, 3.8) is 0 Å². The van der Waals surface area contributed by atoms with Gasteiger partial charge in [0, 0.05) is 18.5 Å². The molecule has 2 rings (SSSR count). The molecular weight excluding hydrogens is 292 g/mol. The quantitative estimate of drug-likeness (QED) is 0.238. The monoisotopic (exact) mass is 308 g/mol. The first kappa shape index (κ1) is 15.1. The molecule has 2 aromatic heterocycles. The molecule has 2 aromatic rings. The molecular formula is C12H16N6O2S. The summed E-state index contributed by atoms with van der Waals surface area (Å²) in [5.74, 6) is 0.562. The highest BCUT2D eigenvalue weighted by atomic mass is 32.2. The van der Waals surface area contributed by atoms with Gasteiger partial charge in [-0.3, -0.25) is 9.55 Å². The molecule has 8 nitrogen and oxygen atoms in total. The standard InChI is InChI=1S/C12H16N6O2S/c1-2-5-18-11(19)15-16-12(18)21-7-8-3-4-14-9(6-8)10(13)17-20/h3-4,6,20H,2,5,7H2,1H3,(H2,13,17)(H,15,19). The first-order chi connectivity index (χ1) is 10.2. The van der Waals surface area contributed by atoms with Crippen LogP contribution in [-0.2, 0) is 12.3 Å². The molecule has 0 bridgehead atoms. The van der Waals surface area contributed by atoms with Crippen LogP contribution in [0.1, 0.15) is 24.6 Å². The minimum Gasteiger partial charge on any atom is -0.409 e. The Bertz CT molecular complexity index is 693. The molecule has 2 heterocycles. The lowest BCUT2D eigenvalue weighted by atomic mass is 10.2. The number of aromatic amines is 1. The number of hydrogen-bond acceptors (Lipinski definition) is 6. The van der Waals surface area contributed by atoms with Crippen LogP contribution in [-0.4, -0.2) is 30.8 Å². The van der Waals surface area contributed by atoms with Gasteiger partial charge in [0.05, 0.1) is 0 Å². The second kappa shape index (κ2) is 6.93. The Morgan fingerprint density at radius 3 is 3.14 bits per heavy atom. The largest absolute Gasteiger partial charge is 0.409 e. The van der Waals surface area contributed by atoms with Gasteiger partial charge in [0.1, 0.15) is 5.69 Å². The molecule has 0 aliphatic carbocycles. The van der Waals surface area contributed by atoms with Gasteiger partial charge in [-0.25, -0.2) is 9.89 Å². The van der Waals surface area contributed by atoms with Gasteiger partial charge in [-0.2, -0.15) is 0 Å². The Morgan fingerprint density at radius 2 is 2.43 bits per heavy atom. The average molecular weight is 308 g/mol. The SMILES string of the molecule is CCCn1c(SCc2ccnc(C(N)=NO)c2)n[nH]c1=O. The summed E-state index contributed by atoms with van der Waals surface area (Å²) in [6.45, 7) is 2.63. The zero-order valence-electron chi connectivity index (χ0n) is 11.5. The summed E-state index contributed by atoms with van der Waals surface area (Å²) >= 11 is 1.44. The fourth-order valence-corrected chi connectivity index (χ4v) is 2.65. The molecule has 9 heteroatoms. The summed E-state index contributed by atoms with van der Waals surface area (Å²) in [4.78, 5) is 15.6. The Labute approximate surface area is 125 Å². The van der Waals surface area contributed by atoms with Crippen LogP contribution in [0.3, 0.4) is 0 Å². The van der Waals surface area contributed by atoms with Crippen LogP contribution >= 0.6 is 11.8 Å². The number of aromatic nitrogens is 4. The number of hydrogen-bond donors (Lipinski definition) is 3. The Balaban J connectivity index is 2.12. The minimum atomic E-state index is -0.202. The van der Waals surface area contributed by atoms with Crippen molar-refractivity contribution in [2.24, 2.45) is 10.9 Å². The van der Waals surface area contributed by atoms with E-state index < -0.39 is 0 Å². The molecule has 0 spiro atoms. The van der Waals surface area contributed by atoms with Crippen LogP contribution in [0.25, 0.3) is 0 Å². The van der Waals surface area contributed by atoms with Crippen LogP contribution in [0.2, 0.25) is 0 Å². The van der Waals surface area contributed by atoms with E-state index in [-0.39, 0.29) is 11.5 Å². The van der Waals surface area contributed by atoms with Gasteiger partial charge in [0.2, 0.25) is 0 Å². The highest BCUT2D eigenvalue weighted by Crippen LogP contribution is 2.19. The Morgan fingerprint density at radius 1 is 1.62 bits per heavy atom. The topological polar surface area (TPSA) is 122 Å². The molecule has 112 valence electrons. The first-order valence-electron chi connectivity index (χ1n) is 6.36. The fourth-order valence-electron chi connectivity index (χ4n) is 1.74. The molecule has 0 aliphatic heterocycles. The molecule has 0 aromatic carbocycles. The lowest BCUT2D eigenvalue weighted by Gasteiger charge is -2.05. The van der Waals surface area contributed by atoms with E-state index >= 15 is 0 Å². The van der Waals surface area contributed by atoms with Crippen molar-refractivity contribution in [1.82, 2.24) is 19.7 Å². The zero-order chi connectivity index (χ0) is 15.2. The molecule has 0 aliphatic rings. The van der Waals surface area contributed by atoms with E-state index in [9.17, 15) is 4.79 Å². The van der Waals surface area contributed by atoms with Crippen LogP contribution in [0.5, 0.6) is 0 Å². The molecule has 0 unspecified atom stereocenters. The normalized spacial score (nSPS) is 11.8. The smallest absolute Gasteiger partial charge is 0.343 e. The Kier molecular flexibility index (Phi) is 4.99.